The van der Waals surface area contributed by atoms with Crippen molar-refractivity contribution in [3.8, 4) is 0 Å². The van der Waals surface area contributed by atoms with Gasteiger partial charge in [-0.15, -0.1) is 0 Å². The number of carbonyl (C=O) groups excluding carboxylic acids is 2. The smallest absolute Gasteiger partial charge is 0.442 e. The van der Waals surface area contributed by atoms with E-state index in [9.17, 15) is 9.59 Å². The van der Waals surface area contributed by atoms with E-state index in [4.69, 9.17) is 22.8 Å². The minimum Gasteiger partial charge on any atom is -0.442 e. The summed E-state index contributed by atoms with van der Waals surface area (Å²) in [6, 6.07) is 0. The minimum absolute atomic E-state index is 0.250. The maximum atomic E-state index is 11.3. The van der Waals surface area contributed by atoms with Crippen molar-refractivity contribution in [3.05, 3.63) is 0 Å². The Balaban J connectivity index is 0. The maximum Gasteiger partial charge on any atom is 0.825 e. The summed E-state index contributed by atoms with van der Waals surface area (Å²) in [6.45, 7) is 14.9. The molecule has 0 aliphatic rings. The number of hydrogen-bond acceptors (Lipinski definition) is 7. The molecule has 0 aliphatic carbocycles. The summed E-state index contributed by atoms with van der Waals surface area (Å²) in [6.07, 6.45) is 0. The Labute approximate surface area is 134 Å². The van der Waals surface area contributed by atoms with Crippen molar-refractivity contribution in [1.82, 2.24) is 0 Å². The molecule has 0 aromatic rings. The molecule has 1 N–H and O–H groups in total. The highest BCUT2D eigenvalue weighted by atomic mass is 28.4. The molecule has 0 rings (SSSR count). The van der Waals surface area contributed by atoms with Crippen molar-refractivity contribution in [3.63, 3.8) is 0 Å². The summed E-state index contributed by atoms with van der Waals surface area (Å²) in [5, 5.41) is 7.57. The zero-order valence-corrected chi connectivity index (χ0v) is 16.1. The fraction of sp³-hybridized carbons (Fsp3) is 0.857. The average Bonchev–Trinajstić information content (AvgIpc) is 2.07. The fourth-order valence-electron chi connectivity index (χ4n) is 1.23. The van der Waals surface area contributed by atoms with Crippen molar-refractivity contribution in [1.29, 1.82) is 0 Å². The molecule has 0 spiro atoms. The van der Waals surface area contributed by atoms with Gasteiger partial charge in [0.05, 0.1) is 11.2 Å². The van der Waals surface area contributed by atoms with Crippen LogP contribution in [0, 0.1) is 0 Å². The molecule has 0 unspecified atom stereocenters. The molecular weight excluding hydrogens is 308 g/mol. The van der Waals surface area contributed by atoms with E-state index in [1.807, 2.05) is 0 Å². The second-order valence-corrected chi connectivity index (χ2v) is 8.25. The minimum atomic E-state index is -3.89. The first-order valence-electron chi connectivity index (χ1n) is 7.06. The maximum absolute atomic E-state index is 11.3. The molecule has 0 fully saturated rings. The highest BCUT2D eigenvalue weighted by molar-refractivity contribution is 6.57. The normalized spacial score (nSPS) is 12.1. The summed E-state index contributed by atoms with van der Waals surface area (Å²) >= 11 is 0. The van der Waals surface area contributed by atoms with Crippen molar-refractivity contribution >= 4 is 21.0 Å². The molecule has 0 atom stereocenters. The predicted octanol–water partition coefficient (Wildman–Crippen LogP) is 2.18. The van der Waals surface area contributed by atoms with Gasteiger partial charge in [-0.3, -0.25) is 9.59 Å². The molecule has 7 nitrogen and oxygen atoms in total. The topological polar surface area (TPSA) is 91.3 Å². The largest absolute Gasteiger partial charge is 0.825 e. The van der Waals surface area contributed by atoms with E-state index in [0.29, 0.717) is 0 Å². The van der Waals surface area contributed by atoms with Crippen LogP contribution in [0.15, 0.2) is 0 Å². The number of hydrogen-bond donors (Lipinski definition) is 1. The van der Waals surface area contributed by atoms with Crippen LogP contribution in [-0.4, -0.2) is 43.9 Å². The van der Waals surface area contributed by atoms with Gasteiger partial charge in [-0.1, -0.05) is 0 Å². The standard InChI is InChI=1S/C12H24O6Si.C2H6O/c1-9(13)15-19(16-10(2)14,17-11(3,4)5)18-12(6,7)8;1-2-3/h1-8H3;3H,2H2,1H3. The third kappa shape index (κ3) is 14.0. The fourth-order valence-corrected chi connectivity index (χ4v) is 3.68. The second-order valence-electron chi connectivity index (χ2n) is 6.43. The second kappa shape index (κ2) is 9.24. The van der Waals surface area contributed by atoms with Gasteiger partial charge in [0.25, 0.3) is 11.9 Å². The molecule has 132 valence electrons. The van der Waals surface area contributed by atoms with E-state index in [0.717, 1.165) is 0 Å². The Hall–Kier alpha value is -0.963. The zero-order chi connectivity index (χ0) is 18.2. The molecule has 22 heavy (non-hydrogen) atoms. The average molecular weight is 338 g/mol. The van der Waals surface area contributed by atoms with Gasteiger partial charge < -0.3 is 22.8 Å². The number of carbonyl (C=O) groups is 2. The van der Waals surface area contributed by atoms with Crippen LogP contribution in [0.4, 0.5) is 0 Å². The zero-order valence-electron chi connectivity index (χ0n) is 15.1. The predicted molar refractivity (Wildman–Crippen MR) is 83.7 cm³/mol. The Morgan fingerprint density at radius 1 is 0.864 bits per heavy atom. The molecule has 0 aromatic heterocycles. The van der Waals surface area contributed by atoms with Gasteiger partial charge in [0.1, 0.15) is 0 Å². The molecule has 0 amide bonds. The van der Waals surface area contributed by atoms with Gasteiger partial charge in [0.2, 0.25) is 0 Å². The molecular formula is C14H30O7Si. The van der Waals surface area contributed by atoms with Crippen LogP contribution in [0.1, 0.15) is 62.3 Å². The van der Waals surface area contributed by atoms with Crippen LogP contribution in [0.25, 0.3) is 0 Å². The van der Waals surface area contributed by atoms with E-state index in [-0.39, 0.29) is 6.61 Å². The Kier molecular flexibility index (Phi) is 9.79. The van der Waals surface area contributed by atoms with Gasteiger partial charge in [0, 0.05) is 20.5 Å². The quantitative estimate of drug-likeness (QED) is 0.785. The molecule has 0 bridgehead atoms. The van der Waals surface area contributed by atoms with E-state index in [2.05, 4.69) is 0 Å². The van der Waals surface area contributed by atoms with Crippen molar-refractivity contribution in [2.45, 2.75) is 73.5 Å². The molecule has 0 saturated carbocycles. The van der Waals surface area contributed by atoms with Crippen LogP contribution in [0.2, 0.25) is 0 Å². The Morgan fingerprint density at radius 2 is 1.09 bits per heavy atom. The lowest BCUT2D eigenvalue weighted by molar-refractivity contribution is -0.160. The first kappa shape index (κ1) is 23.3. The molecule has 0 aromatic carbocycles. The van der Waals surface area contributed by atoms with Crippen LogP contribution < -0.4 is 0 Å². The monoisotopic (exact) mass is 338 g/mol. The summed E-state index contributed by atoms with van der Waals surface area (Å²) < 4.78 is 21.5. The van der Waals surface area contributed by atoms with Crippen LogP contribution in [0.3, 0.4) is 0 Å². The van der Waals surface area contributed by atoms with Crippen molar-refractivity contribution in [2.75, 3.05) is 6.61 Å². The highest BCUT2D eigenvalue weighted by Gasteiger charge is 2.58. The molecule has 0 aliphatic heterocycles. The van der Waals surface area contributed by atoms with Gasteiger partial charge in [0.15, 0.2) is 0 Å². The lowest BCUT2D eigenvalue weighted by atomic mass is 10.2. The third-order valence-electron chi connectivity index (χ3n) is 1.40. The summed E-state index contributed by atoms with van der Waals surface area (Å²) in [4.78, 5) is 22.5. The van der Waals surface area contributed by atoms with E-state index < -0.39 is 32.2 Å². The van der Waals surface area contributed by atoms with Gasteiger partial charge in [-0.05, 0) is 48.5 Å². The van der Waals surface area contributed by atoms with Gasteiger partial charge >= 0.3 is 9.05 Å². The highest BCUT2D eigenvalue weighted by Crippen LogP contribution is 2.26. The first-order chi connectivity index (χ1) is 9.66. The summed E-state index contributed by atoms with van der Waals surface area (Å²) in [5.41, 5.74) is -1.38. The molecule has 0 radical (unpaired) electrons. The molecule has 0 heterocycles. The number of aliphatic hydroxyl groups is 1. The Morgan fingerprint density at radius 3 is 1.23 bits per heavy atom. The SMILES string of the molecule is CC(=O)O[Si](OC(C)=O)(OC(C)(C)C)OC(C)(C)C.CCO. The first-order valence-corrected chi connectivity index (χ1v) is 8.70. The van der Waals surface area contributed by atoms with Crippen LogP contribution in [0.5, 0.6) is 0 Å². The van der Waals surface area contributed by atoms with Crippen LogP contribution >= 0.6 is 0 Å². The number of rotatable bonds is 4. The van der Waals surface area contributed by atoms with Gasteiger partial charge in [-0.25, -0.2) is 0 Å². The van der Waals surface area contributed by atoms with Crippen LogP contribution in [-0.2, 0) is 27.3 Å². The van der Waals surface area contributed by atoms with E-state index in [1.54, 1.807) is 48.5 Å². The van der Waals surface area contributed by atoms with E-state index >= 15 is 0 Å². The van der Waals surface area contributed by atoms with E-state index in [1.165, 1.54) is 13.8 Å². The summed E-state index contributed by atoms with van der Waals surface area (Å²) in [7, 11) is -3.89. The molecule has 0 saturated heterocycles. The van der Waals surface area contributed by atoms with Crippen molar-refractivity contribution in [2.24, 2.45) is 0 Å². The third-order valence-corrected chi connectivity index (χ3v) is 4.20. The lowest BCUT2D eigenvalue weighted by Crippen LogP contribution is -2.58. The molecule has 8 heteroatoms. The van der Waals surface area contributed by atoms with Crippen molar-refractivity contribution < 1.29 is 32.4 Å². The summed E-state index contributed by atoms with van der Waals surface area (Å²) in [5.74, 6) is -1.25. The van der Waals surface area contributed by atoms with Gasteiger partial charge in [-0.2, -0.15) is 0 Å². The lowest BCUT2D eigenvalue weighted by Gasteiger charge is -2.35. The number of aliphatic hydroxyl groups excluding tert-OH is 1. The Bertz CT molecular complexity index is 321.